The van der Waals surface area contributed by atoms with Gasteiger partial charge in [0.1, 0.15) is 6.10 Å². The summed E-state index contributed by atoms with van der Waals surface area (Å²) in [5.74, 6) is 0.0713. The molecule has 1 unspecified atom stereocenters. The largest absolute Gasteiger partial charge is 0.370 e. The van der Waals surface area contributed by atoms with Crippen molar-refractivity contribution in [3.8, 4) is 0 Å². The lowest BCUT2D eigenvalue weighted by atomic mass is 10.0. The number of benzene rings is 1. The van der Waals surface area contributed by atoms with E-state index in [9.17, 15) is 4.79 Å². The van der Waals surface area contributed by atoms with Gasteiger partial charge in [-0.3, -0.25) is 9.78 Å². The van der Waals surface area contributed by atoms with E-state index in [-0.39, 0.29) is 11.9 Å². The van der Waals surface area contributed by atoms with E-state index in [2.05, 4.69) is 4.98 Å². The van der Waals surface area contributed by atoms with Gasteiger partial charge in [0.15, 0.2) is 5.78 Å². The van der Waals surface area contributed by atoms with Crippen LogP contribution in [0.15, 0.2) is 54.9 Å². The van der Waals surface area contributed by atoms with Crippen molar-refractivity contribution in [3.05, 3.63) is 66.0 Å². The predicted molar refractivity (Wildman–Crippen MR) is 83.4 cm³/mol. The van der Waals surface area contributed by atoms with Gasteiger partial charge in [-0.05, 0) is 37.0 Å². The van der Waals surface area contributed by atoms with E-state index in [1.807, 2.05) is 49.4 Å². The van der Waals surface area contributed by atoms with Crippen molar-refractivity contribution in [2.24, 2.45) is 0 Å². The van der Waals surface area contributed by atoms with Crippen molar-refractivity contribution in [2.75, 3.05) is 6.61 Å². The number of ketones is 1. The van der Waals surface area contributed by atoms with E-state index < -0.39 is 0 Å². The quantitative estimate of drug-likeness (QED) is 0.548. The van der Waals surface area contributed by atoms with Crippen molar-refractivity contribution in [3.63, 3.8) is 0 Å². The number of carbonyl (C=O) groups excluding carboxylic acids is 1. The second-order valence-corrected chi connectivity index (χ2v) is 4.96. The zero-order chi connectivity index (χ0) is 14.9. The average molecular weight is 283 g/mol. The number of pyridine rings is 1. The average Bonchev–Trinajstić information content (AvgIpc) is 2.56. The van der Waals surface area contributed by atoms with Gasteiger partial charge in [-0.2, -0.15) is 0 Å². The van der Waals surface area contributed by atoms with Crippen molar-refractivity contribution < 1.29 is 9.53 Å². The number of hydrogen-bond donors (Lipinski definition) is 0. The maximum absolute atomic E-state index is 12.3. The highest BCUT2D eigenvalue weighted by Gasteiger charge is 2.18. The van der Waals surface area contributed by atoms with Gasteiger partial charge in [-0.1, -0.05) is 37.3 Å². The lowest BCUT2D eigenvalue weighted by molar-refractivity contribution is 0.0389. The summed E-state index contributed by atoms with van der Waals surface area (Å²) in [6.07, 6.45) is 5.79. The number of rotatable bonds is 8. The first-order valence-electron chi connectivity index (χ1n) is 7.41. The van der Waals surface area contributed by atoms with Gasteiger partial charge >= 0.3 is 0 Å². The topological polar surface area (TPSA) is 39.2 Å². The van der Waals surface area contributed by atoms with Crippen molar-refractivity contribution in [2.45, 2.75) is 32.3 Å². The maximum Gasteiger partial charge on any atom is 0.191 e. The van der Waals surface area contributed by atoms with Gasteiger partial charge in [0, 0.05) is 24.6 Å². The van der Waals surface area contributed by atoms with Gasteiger partial charge in [0.2, 0.25) is 0 Å². The fraction of sp³-hybridized carbons (Fsp3) is 0.333. The van der Waals surface area contributed by atoms with E-state index in [0.717, 1.165) is 18.4 Å². The lowest BCUT2D eigenvalue weighted by Gasteiger charge is -2.15. The predicted octanol–water partition coefficient (Wildman–Crippen LogP) is 3.69. The number of carbonyl (C=O) groups is 1. The first kappa shape index (κ1) is 15.4. The summed E-state index contributed by atoms with van der Waals surface area (Å²) >= 11 is 0. The Kier molecular flexibility index (Phi) is 6.10. The minimum Gasteiger partial charge on any atom is -0.370 e. The molecule has 21 heavy (non-hydrogen) atoms. The van der Waals surface area contributed by atoms with Crippen LogP contribution in [0.2, 0.25) is 0 Å². The molecule has 2 rings (SSSR count). The molecule has 0 spiro atoms. The van der Waals surface area contributed by atoms with E-state index in [4.69, 9.17) is 4.74 Å². The maximum atomic E-state index is 12.3. The van der Waals surface area contributed by atoms with E-state index in [1.54, 1.807) is 12.4 Å². The van der Waals surface area contributed by atoms with Crippen LogP contribution in [0.4, 0.5) is 0 Å². The second-order valence-electron chi connectivity index (χ2n) is 4.96. The fourth-order valence-corrected chi connectivity index (χ4v) is 2.22. The Morgan fingerprint density at radius 3 is 2.52 bits per heavy atom. The van der Waals surface area contributed by atoms with Crippen LogP contribution in [0.1, 0.15) is 35.7 Å². The zero-order valence-electron chi connectivity index (χ0n) is 12.4. The minimum absolute atomic E-state index is 0.0713. The first-order valence-corrected chi connectivity index (χ1v) is 7.41. The lowest BCUT2D eigenvalue weighted by Crippen LogP contribution is -2.24. The van der Waals surface area contributed by atoms with Crippen LogP contribution in [0, 0.1) is 0 Å². The van der Waals surface area contributed by atoms with Crippen molar-refractivity contribution in [1.29, 1.82) is 0 Å². The molecule has 0 amide bonds. The first-order chi connectivity index (χ1) is 10.3. The summed E-state index contributed by atoms with van der Waals surface area (Å²) in [5, 5.41) is 0. The van der Waals surface area contributed by atoms with Gasteiger partial charge in [-0.25, -0.2) is 0 Å². The molecule has 2 aromatic rings. The molecule has 1 heterocycles. The molecule has 3 heteroatoms. The molecule has 0 N–H and O–H groups in total. The molecule has 1 aromatic carbocycles. The molecule has 0 saturated carbocycles. The number of aryl methyl sites for hydroxylation is 1. The molecule has 0 aliphatic heterocycles. The zero-order valence-corrected chi connectivity index (χ0v) is 12.4. The van der Waals surface area contributed by atoms with E-state index in [0.29, 0.717) is 13.0 Å². The Labute approximate surface area is 126 Å². The summed E-state index contributed by atoms with van der Waals surface area (Å²) in [7, 11) is 0. The van der Waals surface area contributed by atoms with Gasteiger partial charge in [-0.15, -0.1) is 0 Å². The highest BCUT2D eigenvalue weighted by Crippen LogP contribution is 2.10. The summed E-state index contributed by atoms with van der Waals surface area (Å²) in [5.41, 5.74) is 1.97. The Morgan fingerprint density at radius 2 is 1.86 bits per heavy atom. The molecule has 0 saturated heterocycles. The summed E-state index contributed by atoms with van der Waals surface area (Å²) in [6, 6.07) is 13.4. The molecule has 0 fully saturated rings. The third kappa shape index (κ3) is 4.80. The fourth-order valence-electron chi connectivity index (χ4n) is 2.22. The molecular weight excluding hydrogens is 262 g/mol. The number of Topliss-reactive ketones (excluding diaryl/α,β-unsaturated/α-hetero) is 1. The van der Waals surface area contributed by atoms with Crippen molar-refractivity contribution in [1.82, 2.24) is 4.98 Å². The number of hydrogen-bond acceptors (Lipinski definition) is 3. The van der Waals surface area contributed by atoms with E-state index >= 15 is 0 Å². The monoisotopic (exact) mass is 283 g/mol. The minimum atomic E-state index is -0.343. The van der Waals surface area contributed by atoms with Crippen LogP contribution < -0.4 is 0 Å². The van der Waals surface area contributed by atoms with Gasteiger partial charge < -0.3 is 4.74 Å². The highest BCUT2D eigenvalue weighted by atomic mass is 16.5. The normalized spacial score (nSPS) is 12.0. The van der Waals surface area contributed by atoms with Gasteiger partial charge in [0.05, 0.1) is 0 Å². The second kappa shape index (κ2) is 8.32. The van der Waals surface area contributed by atoms with Crippen molar-refractivity contribution >= 4 is 5.78 Å². The molecule has 1 atom stereocenters. The molecule has 0 aliphatic carbocycles. The Hall–Kier alpha value is -2.00. The SMILES string of the molecule is CCC(OCCCc1ccncc1)C(=O)c1ccccc1. The van der Waals surface area contributed by atoms with E-state index in [1.165, 1.54) is 5.56 Å². The molecule has 110 valence electrons. The van der Waals surface area contributed by atoms with Crippen LogP contribution in [0.5, 0.6) is 0 Å². The van der Waals surface area contributed by atoms with Crippen LogP contribution in [-0.2, 0) is 11.2 Å². The third-order valence-electron chi connectivity index (χ3n) is 3.40. The summed E-state index contributed by atoms with van der Waals surface area (Å²) < 4.78 is 5.76. The Balaban J connectivity index is 1.79. The molecule has 0 radical (unpaired) electrons. The van der Waals surface area contributed by atoms with Gasteiger partial charge in [0.25, 0.3) is 0 Å². The summed E-state index contributed by atoms with van der Waals surface area (Å²) in [6.45, 7) is 2.58. The summed E-state index contributed by atoms with van der Waals surface area (Å²) in [4.78, 5) is 16.3. The highest BCUT2D eigenvalue weighted by molar-refractivity contribution is 5.99. The molecule has 0 bridgehead atoms. The Morgan fingerprint density at radius 1 is 1.14 bits per heavy atom. The molecular formula is C18H21NO2. The standard InChI is InChI=1S/C18H21NO2/c1-2-17(18(20)16-8-4-3-5-9-16)21-14-6-7-15-10-12-19-13-11-15/h3-5,8-13,17H,2,6-7,14H2,1H3. The van der Waals surface area contributed by atoms with Crippen LogP contribution in [-0.4, -0.2) is 23.5 Å². The molecule has 0 aliphatic rings. The number of ether oxygens (including phenoxy) is 1. The molecule has 1 aromatic heterocycles. The van der Waals surface area contributed by atoms with Crippen LogP contribution in [0.25, 0.3) is 0 Å². The third-order valence-corrected chi connectivity index (χ3v) is 3.40. The van der Waals surface area contributed by atoms with Crippen LogP contribution in [0.3, 0.4) is 0 Å². The smallest absolute Gasteiger partial charge is 0.191 e. The number of nitrogens with zero attached hydrogens (tertiary/aromatic N) is 1. The van der Waals surface area contributed by atoms with Crippen LogP contribution >= 0.6 is 0 Å². The number of aromatic nitrogens is 1. The Bertz CT molecular complexity index is 540. The molecule has 3 nitrogen and oxygen atoms in total.